The van der Waals surface area contributed by atoms with Gasteiger partial charge in [-0.1, -0.05) is 12.2 Å². The molecule has 1 aliphatic heterocycles. The molecular weight excluding hydrogens is 152 g/mol. The van der Waals surface area contributed by atoms with Crippen LogP contribution in [-0.2, 0) is 4.79 Å². The van der Waals surface area contributed by atoms with Crippen molar-refractivity contribution >= 4 is 5.91 Å². The van der Waals surface area contributed by atoms with Crippen LogP contribution in [0.2, 0.25) is 0 Å². The molecule has 0 aromatic carbocycles. The lowest BCUT2D eigenvalue weighted by Crippen LogP contribution is -2.21. The van der Waals surface area contributed by atoms with E-state index in [1.54, 1.807) is 0 Å². The maximum atomic E-state index is 10.5. The Morgan fingerprint density at radius 1 is 1.75 bits per heavy atom. The van der Waals surface area contributed by atoms with E-state index in [1.165, 1.54) is 12.5 Å². The lowest BCUT2D eigenvalue weighted by atomic mass is 10.1. The first-order valence-electron chi connectivity index (χ1n) is 4.12. The van der Waals surface area contributed by atoms with Crippen molar-refractivity contribution in [3.05, 3.63) is 23.9 Å². The van der Waals surface area contributed by atoms with Crippen LogP contribution in [-0.4, -0.2) is 19.0 Å². The fourth-order valence-corrected chi connectivity index (χ4v) is 1.05. The largest absolute Gasteiger partial charge is 0.387 e. The van der Waals surface area contributed by atoms with E-state index in [1.807, 2.05) is 6.20 Å². The summed E-state index contributed by atoms with van der Waals surface area (Å²) in [5.41, 5.74) is 1.23. The SMILES string of the molecule is CC(=O)NCCC1=CNCC=C1. The second kappa shape index (κ2) is 4.59. The summed E-state index contributed by atoms with van der Waals surface area (Å²) in [5.74, 6) is 0.0309. The van der Waals surface area contributed by atoms with Crippen molar-refractivity contribution in [2.45, 2.75) is 13.3 Å². The summed E-state index contributed by atoms with van der Waals surface area (Å²) >= 11 is 0. The van der Waals surface area contributed by atoms with Crippen LogP contribution >= 0.6 is 0 Å². The minimum Gasteiger partial charge on any atom is -0.387 e. The number of hydrogen-bond donors (Lipinski definition) is 2. The van der Waals surface area contributed by atoms with Crippen LogP contribution in [0.5, 0.6) is 0 Å². The average molecular weight is 166 g/mol. The lowest BCUT2D eigenvalue weighted by Gasteiger charge is -2.08. The minimum absolute atomic E-state index is 0.0309. The Morgan fingerprint density at radius 2 is 2.58 bits per heavy atom. The summed E-state index contributed by atoms with van der Waals surface area (Å²) in [5, 5.41) is 5.86. The number of rotatable bonds is 3. The van der Waals surface area contributed by atoms with Crippen molar-refractivity contribution in [2.24, 2.45) is 0 Å². The minimum atomic E-state index is 0.0309. The van der Waals surface area contributed by atoms with Gasteiger partial charge in [-0.05, 0) is 18.2 Å². The molecule has 0 aromatic rings. The fourth-order valence-electron chi connectivity index (χ4n) is 1.05. The second-order valence-corrected chi connectivity index (χ2v) is 2.76. The highest BCUT2D eigenvalue weighted by atomic mass is 16.1. The standard InChI is InChI=1S/C9H14N2O/c1-8(12)11-6-4-9-3-2-5-10-7-9/h2-3,7,10H,4-6H2,1H3,(H,11,12). The van der Waals surface area contributed by atoms with E-state index in [9.17, 15) is 4.79 Å². The molecule has 1 aliphatic rings. The zero-order valence-electron chi connectivity index (χ0n) is 7.26. The molecule has 0 atom stereocenters. The van der Waals surface area contributed by atoms with E-state index in [0.717, 1.165) is 13.0 Å². The average Bonchev–Trinajstić information content (AvgIpc) is 2.05. The molecule has 0 aliphatic carbocycles. The van der Waals surface area contributed by atoms with Crippen LogP contribution in [0.15, 0.2) is 23.9 Å². The Labute approximate surface area is 72.5 Å². The smallest absolute Gasteiger partial charge is 0.216 e. The van der Waals surface area contributed by atoms with E-state index >= 15 is 0 Å². The molecule has 0 saturated heterocycles. The topological polar surface area (TPSA) is 41.1 Å². The third-order valence-electron chi connectivity index (χ3n) is 1.64. The highest BCUT2D eigenvalue weighted by Gasteiger charge is 1.96. The number of hydrogen-bond acceptors (Lipinski definition) is 2. The molecule has 1 rings (SSSR count). The van der Waals surface area contributed by atoms with Crippen LogP contribution in [0.3, 0.4) is 0 Å². The molecule has 0 bridgehead atoms. The number of carbonyl (C=O) groups is 1. The first-order chi connectivity index (χ1) is 5.79. The molecular formula is C9H14N2O. The Hall–Kier alpha value is -1.25. The van der Waals surface area contributed by atoms with Gasteiger partial charge in [0.1, 0.15) is 0 Å². The van der Waals surface area contributed by atoms with Crippen molar-refractivity contribution in [1.29, 1.82) is 0 Å². The van der Waals surface area contributed by atoms with Gasteiger partial charge in [-0.2, -0.15) is 0 Å². The lowest BCUT2D eigenvalue weighted by molar-refractivity contribution is -0.118. The number of nitrogens with one attached hydrogen (secondary N) is 2. The van der Waals surface area contributed by atoms with Crippen molar-refractivity contribution in [3.63, 3.8) is 0 Å². The predicted octanol–water partition coefficient (Wildman–Crippen LogP) is 0.556. The molecule has 2 N–H and O–H groups in total. The first-order valence-corrected chi connectivity index (χ1v) is 4.12. The van der Waals surface area contributed by atoms with Crippen LogP contribution in [0, 0.1) is 0 Å². The van der Waals surface area contributed by atoms with Gasteiger partial charge < -0.3 is 10.6 Å². The van der Waals surface area contributed by atoms with Gasteiger partial charge in [-0.15, -0.1) is 0 Å². The van der Waals surface area contributed by atoms with Gasteiger partial charge in [0.15, 0.2) is 0 Å². The summed E-state index contributed by atoms with van der Waals surface area (Å²) in [4.78, 5) is 10.5. The molecule has 0 radical (unpaired) electrons. The Morgan fingerprint density at radius 3 is 3.17 bits per heavy atom. The van der Waals surface area contributed by atoms with Crippen LogP contribution in [0.4, 0.5) is 0 Å². The molecule has 66 valence electrons. The Bertz CT molecular complexity index is 219. The number of carbonyl (C=O) groups excluding carboxylic acids is 1. The third-order valence-corrected chi connectivity index (χ3v) is 1.64. The summed E-state index contributed by atoms with van der Waals surface area (Å²) in [6, 6.07) is 0. The zero-order valence-corrected chi connectivity index (χ0v) is 7.26. The highest BCUT2D eigenvalue weighted by molar-refractivity contribution is 5.72. The summed E-state index contributed by atoms with van der Waals surface area (Å²) in [7, 11) is 0. The normalized spacial score (nSPS) is 14.9. The van der Waals surface area contributed by atoms with Gasteiger partial charge in [-0.3, -0.25) is 4.79 Å². The quantitative estimate of drug-likeness (QED) is 0.643. The van der Waals surface area contributed by atoms with E-state index in [0.29, 0.717) is 6.54 Å². The van der Waals surface area contributed by atoms with E-state index in [4.69, 9.17) is 0 Å². The number of amides is 1. The first kappa shape index (κ1) is 8.84. The van der Waals surface area contributed by atoms with Gasteiger partial charge >= 0.3 is 0 Å². The van der Waals surface area contributed by atoms with Crippen molar-refractivity contribution in [2.75, 3.05) is 13.1 Å². The number of allylic oxidation sites excluding steroid dienone is 1. The monoisotopic (exact) mass is 166 g/mol. The maximum Gasteiger partial charge on any atom is 0.216 e. The van der Waals surface area contributed by atoms with E-state index in [-0.39, 0.29) is 5.91 Å². The van der Waals surface area contributed by atoms with Gasteiger partial charge in [-0.25, -0.2) is 0 Å². The summed E-state index contributed by atoms with van der Waals surface area (Å²) in [6.07, 6.45) is 7.03. The second-order valence-electron chi connectivity index (χ2n) is 2.76. The van der Waals surface area contributed by atoms with Gasteiger partial charge in [0, 0.05) is 20.0 Å². The molecule has 0 spiro atoms. The van der Waals surface area contributed by atoms with E-state index in [2.05, 4.69) is 22.8 Å². The molecule has 0 unspecified atom stereocenters. The van der Waals surface area contributed by atoms with Gasteiger partial charge in [0.25, 0.3) is 0 Å². The third kappa shape index (κ3) is 3.23. The molecule has 3 heteroatoms. The molecule has 1 amide bonds. The van der Waals surface area contributed by atoms with Crippen LogP contribution in [0.1, 0.15) is 13.3 Å². The Balaban J connectivity index is 2.18. The molecule has 12 heavy (non-hydrogen) atoms. The van der Waals surface area contributed by atoms with Gasteiger partial charge in [0.05, 0.1) is 0 Å². The van der Waals surface area contributed by atoms with E-state index < -0.39 is 0 Å². The molecule has 3 nitrogen and oxygen atoms in total. The fraction of sp³-hybridized carbons (Fsp3) is 0.444. The van der Waals surface area contributed by atoms with Gasteiger partial charge in [0.2, 0.25) is 5.91 Å². The Kier molecular flexibility index (Phi) is 3.38. The molecule has 0 fully saturated rings. The number of dihydropyridines is 1. The molecule has 0 saturated carbocycles. The molecule has 0 aromatic heterocycles. The zero-order chi connectivity index (χ0) is 8.81. The van der Waals surface area contributed by atoms with Crippen molar-refractivity contribution in [3.8, 4) is 0 Å². The summed E-state index contributed by atoms with van der Waals surface area (Å²) < 4.78 is 0. The summed E-state index contributed by atoms with van der Waals surface area (Å²) in [6.45, 7) is 3.15. The highest BCUT2D eigenvalue weighted by Crippen LogP contribution is 2.03. The molecule has 1 heterocycles. The van der Waals surface area contributed by atoms with Crippen LogP contribution in [0.25, 0.3) is 0 Å². The predicted molar refractivity (Wildman–Crippen MR) is 48.5 cm³/mol. The van der Waals surface area contributed by atoms with Crippen molar-refractivity contribution < 1.29 is 4.79 Å². The maximum absolute atomic E-state index is 10.5. The van der Waals surface area contributed by atoms with Crippen LogP contribution < -0.4 is 10.6 Å². The van der Waals surface area contributed by atoms with Crippen molar-refractivity contribution in [1.82, 2.24) is 10.6 Å².